The molecule has 1 heterocycles. The van der Waals surface area contributed by atoms with Crippen molar-refractivity contribution in [3.8, 4) is 0 Å². The Morgan fingerprint density at radius 3 is 2.73 bits per heavy atom. The smallest absolute Gasteiger partial charge is 0.351 e. The van der Waals surface area contributed by atoms with Gasteiger partial charge >= 0.3 is 5.63 Å². The Morgan fingerprint density at radius 1 is 1.64 bits per heavy atom. The highest BCUT2D eigenvalue weighted by Gasteiger charge is 2.03. The van der Waals surface area contributed by atoms with Gasteiger partial charge in [-0.1, -0.05) is 0 Å². The molecular weight excluding hydrogens is 212 g/mol. The van der Waals surface area contributed by atoms with Crippen LogP contribution in [0.2, 0.25) is 0 Å². The zero-order valence-corrected chi connectivity index (χ0v) is 7.34. The Bertz CT molecular complexity index is 340. The number of carbonyl (C=O) groups is 1. The minimum absolute atomic E-state index is 0.0516. The molecule has 58 valence electrons. The lowest BCUT2D eigenvalue weighted by molar-refractivity contribution is 0.109. The zero-order chi connectivity index (χ0) is 8.43. The van der Waals surface area contributed by atoms with Crippen molar-refractivity contribution in [1.82, 2.24) is 0 Å². The maximum Gasteiger partial charge on any atom is 0.351 e. The molecule has 3 nitrogen and oxygen atoms in total. The van der Waals surface area contributed by atoms with Gasteiger partial charge in [0.15, 0.2) is 12.0 Å². The van der Waals surface area contributed by atoms with Gasteiger partial charge in [0.2, 0.25) is 0 Å². The Labute approximate surface area is 71.2 Å². The molecule has 0 fully saturated rings. The Kier molecular flexibility index (Phi) is 2.24. The molecule has 0 atom stereocenters. The first-order chi connectivity index (χ1) is 5.15. The number of rotatable bonds is 1. The van der Waals surface area contributed by atoms with Gasteiger partial charge in [-0.05, 0) is 34.5 Å². The fourth-order valence-corrected chi connectivity index (χ4v) is 0.873. The van der Waals surface area contributed by atoms with Crippen molar-refractivity contribution in [1.29, 1.82) is 0 Å². The van der Waals surface area contributed by atoms with Crippen LogP contribution in [0.25, 0.3) is 0 Å². The molecule has 4 heteroatoms. The van der Waals surface area contributed by atoms with Crippen molar-refractivity contribution in [2.75, 3.05) is 0 Å². The maximum absolute atomic E-state index is 10.8. The summed E-state index contributed by atoms with van der Waals surface area (Å²) in [4.78, 5) is 21.0. The van der Waals surface area contributed by atoms with E-state index in [1.165, 1.54) is 6.07 Å². The number of aryl methyl sites for hydroxylation is 1. The second kappa shape index (κ2) is 3.00. The summed E-state index contributed by atoms with van der Waals surface area (Å²) in [5, 5.41) is 0. The summed E-state index contributed by atoms with van der Waals surface area (Å²) in [5.74, 6) is 0.0516. The number of halogens is 1. The van der Waals surface area contributed by atoms with Crippen molar-refractivity contribution in [3.05, 3.63) is 32.3 Å². The van der Waals surface area contributed by atoms with E-state index in [0.29, 0.717) is 16.3 Å². The largest absolute Gasteiger partial charge is 0.419 e. The SMILES string of the molecule is Cc1cc(C=O)oc(=O)c1Br. The number of aldehydes is 1. The first-order valence-electron chi connectivity index (χ1n) is 2.90. The standard InChI is InChI=1S/C7H5BrO3/c1-4-2-5(3-9)11-7(10)6(4)8/h2-3H,1H3. The van der Waals surface area contributed by atoms with Gasteiger partial charge in [0.05, 0.1) is 0 Å². The van der Waals surface area contributed by atoms with E-state index in [9.17, 15) is 9.59 Å². The van der Waals surface area contributed by atoms with Crippen LogP contribution in [0.3, 0.4) is 0 Å². The quantitative estimate of drug-likeness (QED) is 0.670. The van der Waals surface area contributed by atoms with E-state index in [0.717, 1.165) is 0 Å². The van der Waals surface area contributed by atoms with Gasteiger partial charge in [0.1, 0.15) is 4.47 Å². The number of carbonyl (C=O) groups excluding carboxylic acids is 1. The molecule has 0 spiro atoms. The van der Waals surface area contributed by atoms with Crippen LogP contribution < -0.4 is 5.63 Å². The molecule has 0 aliphatic rings. The third kappa shape index (κ3) is 1.57. The van der Waals surface area contributed by atoms with Crippen molar-refractivity contribution >= 4 is 22.2 Å². The van der Waals surface area contributed by atoms with Crippen LogP contribution in [-0.4, -0.2) is 6.29 Å². The minimum Gasteiger partial charge on any atom is -0.419 e. The van der Waals surface area contributed by atoms with Crippen molar-refractivity contribution < 1.29 is 9.21 Å². The fourth-order valence-electron chi connectivity index (χ4n) is 0.677. The first kappa shape index (κ1) is 8.20. The summed E-state index contributed by atoms with van der Waals surface area (Å²) in [5.41, 5.74) is 0.176. The van der Waals surface area contributed by atoms with Crippen molar-refractivity contribution in [3.63, 3.8) is 0 Å². The van der Waals surface area contributed by atoms with Crippen LogP contribution in [0.4, 0.5) is 0 Å². The average molecular weight is 217 g/mol. The van der Waals surface area contributed by atoms with Gasteiger partial charge in [0, 0.05) is 0 Å². The average Bonchev–Trinajstić information content (AvgIpc) is 1.99. The Hall–Kier alpha value is -0.900. The van der Waals surface area contributed by atoms with Gasteiger partial charge in [-0.25, -0.2) is 4.79 Å². The summed E-state index contributed by atoms with van der Waals surface area (Å²) in [6.07, 6.45) is 0.501. The highest BCUT2D eigenvalue weighted by atomic mass is 79.9. The summed E-state index contributed by atoms with van der Waals surface area (Å²) < 4.78 is 4.93. The van der Waals surface area contributed by atoms with E-state index in [-0.39, 0.29) is 5.76 Å². The zero-order valence-electron chi connectivity index (χ0n) is 5.76. The van der Waals surface area contributed by atoms with E-state index in [1.54, 1.807) is 6.92 Å². The molecule has 1 aromatic heterocycles. The van der Waals surface area contributed by atoms with Crippen molar-refractivity contribution in [2.45, 2.75) is 6.92 Å². The van der Waals surface area contributed by atoms with Crippen molar-refractivity contribution in [2.24, 2.45) is 0 Å². The van der Waals surface area contributed by atoms with Gasteiger partial charge in [-0.15, -0.1) is 0 Å². The molecule has 11 heavy (non-hydrogen) atoms. The predicted octanol–water partition coefficient (Wildman–Crippen LogP) is 1.52. The van der Waals surface area contributed by atoms with Crippen LogP contribution in [0.5, 0.6) is 0 Å². The highest BCUT2D eigenvalue weighted by molar-refractivity contribution is 9.10. The van der Waals surface area contributed by atoms with Gasteiger partial charge < -0.3 is 4.42 Å². The minimum atomic E-state index is -0.521. The summed E-state index contributed by atoms with van der Waals surface area (Å²) in [6.45, 7) is 1.72. The van der Waals surface area contributed by atoms with Gasteiger partial charge in [-0.3, -0.25) is 4.79 Å². The summed E-state index contributed by atoms with van der Waals surface area (Å²) in [6, 6.07) is 1.50. The Morgan fingerprint density at radius 2 is 2.27 bits per heavy atom. The molecule has 1 rings (SSSR count). The van der Waals surface area contributed by atoms with E-state index < -0.39 is 5.63 Å². The highest BCUT2D eigenvalue weighted by Crippen LogP contribution is 2.10. The molecule has 0 bridgehead atoms. The molecule has 0 amide bonds. The Balaban J connectivity index is 3.44. The van der Waals surface area contributed by atoms with Crippen LogP contribution in [-0.2, 0) is 0 Å². The lowest BCUT2D eigenvalue weighted by atomic mass is 10.3. The lowest BCUT2D eigenvalue weighted by Gasteiger charge is -1.94. The molecule has 0 aliphatic carbocycles. The topological polar surface area (TPSA) is 47.3 Å². The number of hydrogen-bond acceptors (Lipinski definition) is 3. The van der Waals surface area contributed by atoms with Gasteiger partial charge in [0.25, 0.3) is 0 Å². The van der Waals surface area contributed by atoms with Crippen LogP contribution in [0.15, 0.2) is 19.8 Å². The molecule has 0 unspecified atom stereocenters. The van der Waals surface area contributed by atoms with Crippen LogP contribution >= 0.6 is 15.9 Å². The van der Waals surface area contributed by atoms with Crippen LogP contribution in [0.1, 0.15) is 16.1 Å². The fraction of sp³-hybridized carbons (Fsp3) is 0.143. The van der Waals surface area contributed by atoms with E-state index >= 15 is 0 Å². The van der Waals surface area contributed by atoms with Gasteiger partial charge in [-0.2, -0.15) is 0 Å². The molecule has 1 aromatic rings. The van der Waals surface area contributed by atoms with E-state index in [2.05, 4.69) is 20.3 Å². The second-order valence-corrected chi connectivity index (χ2v) is 2.84. The monoisotopic (exact) mass is 216 g/mol. The normalized spacial score (nSPS) is 9.64. The second-order valence-electron chi connectivity index (χ2n) is 2.05. The van der Waals surface area contributed by atoms with Crippen LogP contribution in [0, 0.1) is 6.92 Å². The molecule has 0 radical (unpaired) electrons. The predicted molar refractivity (Wildman–Crippen MR) is 42.8 cm³/mol. The third-order valence-corrected chi connectivity index (χ3v) is 2.16. The molecule has 0 saturated carbocycles. The third-order valence-electron chi connectivity index (χ3n) is 1.21. The number of hydrogen-bond donors (Lipinski definition) is 0. The summed E-state index contributed by atoms with van der Waals surface area (Å²) >= 11 is 3.02. The maximum atomic E-state index is 10.8. The molecule has 0 N–H and O–H groups in total. The summed E-state index contributed by atoms with van der Waals surface area (Å²) in [7, 11) is 0. The first-order valence-corrected chi connectivity index (χ1v) is 3.70. The van der Waals surface area contributed by atoms with E-state index in [1.807, 2.05) is 0 Å². The van der Waals surface area contributed by atoms with E-state index in [4.69, 9.17) is 0 Å². The molecule has 0 saturated heterocycles. The molecule has 0 aliphatic heterocycles. The molecule has 0 aromatic carbocycles. The lowest BCUT2D eigenvalue weighted by Crippen LogP contribution is -2.03. The molecular formula is C7H5BrO3.